The molecule has 1 aromatic heterocycles. The minimum Gasteiger partial charge on any atom is -0.368 e. The zero-order chi connectivity index (χ0) is 10.7. The zero-order valence-electron chi connectivity index (χ0n) is 8.86. The van der Waals surface area contributed by atoms with E-state index in [4.69, 9.17) is 0 Å². The second-order valence-electron chi connectivity index (χ2n) is 3.70. The summed E-state index contributed by atoms with van der Waals surface area (Å²) in [5, 5.41) is 3.31. The lowest BCUT2D eigenvalue weighted by molar-refractivity contribution is 0.111. The van der Waals surface area contributed by atoms with Crippen LogP contribution in [0, 0.1) is 6.92 Å². The summed E-state index contributed by atoms with van der Waals surface area (Å²) in [6.45, 7) is 5.97. The van der Waals surface area contributed by atoms with Gasteiger partial charge in [0.05, 0.1) is 11.4 Å². The van der Waals surface area contributed by atoms with E-state index < -0.39 is 0 Å². The van der Waals surface area contributed by atoms with Gasteiger partial charge in [0, 0.05) is 26.2 Å². The molecule has 1 saturated heterocycles. The number of aldehydes is 1. The van der Waals surface area contributed by atoms with Crippen molar-refractivity contribution in [2.45, 2.75) is 6.92 Å². The Kier molecular flexibility index (Phi) is 2.97. The van der Waals surface area contributed by atoms with Gasteiger partial charge in [-0.05, 0) is 19.1 Å². The zero-order valence-corrected chi connectivity index (χ0v) is 8.86. The summed E-state index contributed by atoms with van der Waals surface area (Å²) in [6, 6.07) is 3.76. The van der Waals surface area contributed by atoms with Crippen LogP contribution in [-0.2, 0) is 0 Å². The highest BCUT2D eigenvalue weighted by Crippen LogP contribution is 2.18. The molecule has 4 heteroatoms. The van der Waals surface area contributed by atoms with Crippen LogP contribution in [0.15, 0.2) is 12.1 Å². The summed E-state index contributed by atoms with van der Waals surface area (Å²) >= 11 is 0. The fraction of sp³-hybridized carbons (Fsp3) is 0.455. The molecule has 2 rings (SSSR count). The Morgan fingerprint density at radius 1 is 1.40 bits per heavy atom. The molecule has 0 spiro atoms. The Labute approximate surface area is 89.3 Å². The number of aromatic nitrogens is 1. The molecule has 15 heavy (non-hydrogen) atoms. The predicted octanol–water partition coefficient (Wildman–Crippen LogP) is 0.612. The van der Waals surface area contributed by atoms with Gasteiger partial charge in [-0.3, -0.25) is 4.79 Å². The maximum absolute atomic E-state index is 10.6. The fourth-order valence-electron chi connectivity index (χ4n) is 1.88. The third kappa shape index (κ3) is 2.15. The Morgan fingerprint density at radius 3 is 2.73 bits per heavy atom. The Hall–Kier alpha value is -1.42. The van der Waals surface area contributed by atoms with Crippen molar-refractivity contribution in [3.8, 4) is 0 Å². The highest BCUT2D eigenvalue weighted by Gasteiger charge is 2.13. The Bertz CT molecular complexity index is 359. The van der Waals surface area contributed by atoms with E-state index in [9.17, 15) is 4.79 Å². The number of nitrogens with zero attached hydrogens (tertiary/aromatic N) is 2. The van der Waals surface area contributed by atoms with Crippen molar-refractivity contribution in [3.05, 3.63) is 23.5 Å². The third-order valence-corrected chi connectivity index (χ3v) is 2.66. The first-order chi connectivity index (χ1) is 7.31. The van der Waals surface area contributed by atoms with Gasteiger partial charge in [0.1, 0.15) is 5.69 Å². The average Bonchev–Trinajstić information content (AvgIpc) is 2.30. The lowest BCUT2D eigenvalue weighted by atomic mass is 10.2. The van der Waals surface area contributed by atoms with Gasteiger partial charge < -0.3 is 10.2 Å². The van der Waals surface area contributed by atoms with E-state index in [0.717, 1.165) is 43.8 Å². The minimum absolute atomic E-state index is 0.506. The van der Waals surface area contributed by atoms with Crippen molar-refractivity contribution in [2.24, 2.45) is 0 Å². The van der Waals surface area contributed by atoms with Crippen molar-refractivity contribution in [1.29, 1.82) is 0 Å². The summed E-state index contributed by atoms with van der Waals surface area (Å²) in [6.07, 6.45) is 0.786. The summed E-state index contributed by atoms with van der Waals surface area (Å²) in [5.41, 5.74) is 2.58. The topological polar surface area (TPSA) is 45.2 Å². The van der Waals surface area contributed by atoms with Gasteiger partial charge in [-0.1, -0.05) is 0 Å². The first-order valence-electron chi connectivity index (χ1n) is 5.20. The van der Waals surface area contributed by atoms with Crippen LogP contribution >= 0.6 is 0 Å². The molecule has 0 saturated carbocycles. The molecule has 2 heterocycles. The lowest BCUT2D eigenvalue weighted by Gasteiger charge is -2.30. The van der Waals surface area contributed by atoms with E-state index >= 15 is 0 Å². The maximum Gasteiger partial charge on any atom is 0.168 e. The van der Waals surface area contributed by atoms with Crippen LogP contribution in [0.1, 0.15) is 16.2 Å². The molecule has 0 bridgehead atoms. The largest absolute Gasteiger partial charge is 0.368 e. The number of rotatable bonds is 2. The molecular weight excluding hydrogens is 190 g/mol. The van der Waals surface area contributed by atoms with Crippen molar-refractivity contribution in [3.63, 3.8) is 0 Å². The van der Waals surface area contributed by atoms with E-state index in [-0.39, 0.29) is 0 Å². The quantitative estimate of drug-likeness (QED) is 0.719. The van der Waals surface area contributed by atoms with Gasteiger partial charge in [0.15, 0.2) is 6.29 Å². The van der Waals surface area contributed by atoms with Crippen LogP contribution in [0.4, 0.5) is 5.69 Å². The van der Waals surface area contributed by atoms with Crippen molar-refractivity contribution in [2.75, 3.05) is 31.1 Å². The standard InChI is InChI=1S/C11H15N3O/c1-9-11(3-2-10(8-15)13-9)14-6-4-12-5-7-14/h2-3,8,12H,4-7H2,1H3. The molecule has 1 fully saturated rings. The number of pyridine rings is 1. The molecule has 1 N–H and O–H groups in total. The Balaban J connectivity index is 2.23. The van der Waals surface area contributed by atoms with Crippen LogP contribution in [-0.4, -0.2) is 37.4 Å². The molecule has 0 aliphatic carbocycles. The highest BCUT2D eigenvalue weighted by molar-refractivity contribution is 5.73. The molecule has 1 aromatic rings. The number of carbonyl (C=O) groups is 1. The highest BCUT2D eigenvalue weighted by atomic mass is 16.1. The van der Waals surface area contributed by atoms with Crippen LogP contribution in [0.25, 0.3) is 0 Å². The maximum atomic E-state index is 10.6. The molecule has 4 nitrogen and oxygen atoms in total. The van der Waals surface area contributed by atoms with Crippen LogP contribution in [0.3, 0.4) is 0 Å². The summed E-state index contributed by atoms with van der Waals surface area (Å²) < 4.78 is 0. The molecule has 0 atom stereocenters. The molecule has 0 radical (unpaired) electrons. The number of carbonyl (C=O) groups excluding carboxylic acids is 1. The van der Waals surface area contributed by atoms with Crippen LogP contribution < -0.4 is 10.2 Å². The molecule has 1 aliphatic heterocycles. The van der Waals surface area contributed by atoms with E-state index in [0.29, 0.717) is 5.69 Å². The lowest BCUT2D eigenvalue weighted by Crippen LogP contribution is -2.43. The molecule has 1 aliphatic rings. The smallest absolute Gasteiger partial charge is 0.168 e. The van der Waals surface area contributed by atoms with Gasteiger partial charge in [-0.15, -0.1) is 0 Å². The SMILES string of the molecule is Cc1nc(C=O)ccc1N1CCNCC1. The van der Waals surface area contributed by atoms with E-state index in [1.807, 2.05) is 13.0 Å². The second-order valence-corrected chi connectivity index (χ2v) is 3.70. The van der Waals surface area contributed by atoms with E-state index in [1.165, 1.54) is 0 Å². The molecule has 0 unspecified atom stereocenters. The van der Waals surface area contributed by atoms with E-state index in [1.54, 1.807) is 6.07 Å². The number of nitrogens with one attached hydrogen (secondary N) is 1. The van der Waals surface area contributed by atoms with Crippen LogP contribution in [0.5, 0.6) is 0 Å². The fourth-order valence-corrected chi connectivity index (χ4v) is 1.88. The number of aryl methyl sites for hydroxylation is 1. The second kappa shape index (κ2) is 4.40. The molecule has 80 valence electrons. The molecular formula is C11H15N3O. The van der Waals surface area contributed by atoms with Gasteiger partial charge >= 0.3 is 0 Å². The van der Waals surface area contributed by atoms with Crippen molar-refractivity contribution in [1.82, 2.24) is 10.3 Å². The third-order valence-electron chi connectivity index (χ3n) is 2.66. The first kappa shape index (κ1) is 10.1. The van der Waals surface area contributed by atoms with Gasteiger partial charge in [-0.25, -0.2) is 4.98 Å². The number of hydrogen-bond donors (Lipinski definition) is 1. The first-order valence-corrected chi connectivity index (χ1v) is 5.20. The number of hydrogen-bond acceptors (Lipinski definition) is 4. The van der Waals surface area contributed by atoms with Crippen molar-refractivity contribution < 1.29 is 4.79 Å². The normalized spacial score (nSPS) is 16.5. The number of anilines is 1. The van der Waals surface area contributed by atoms with Gasteiger partial charge in [0.2, 0.25) is 0 Å². The molecule has 0 aromatic carbocycles. The van der Waals surface area contributed by atoms with Gasteiger partial charge in [0.25, 0.3) is 0 Å². The summed E-state index contributed by atoms with van der Waals surface area (Å²) in [4.78, 5) is 17.1. The minimum atomic E-state index is 0.506. The van der Waals surface area contributed by atoms with E-state index in [2.05, 4.69) is 15.2 Å². The monoisotopic (exact) mass is 205 g/mol. The number of piperazine rings is 1. The predicted molar refractivity (Wildman–Crippen MR) is 59.4 cm³/mol. The summed E-state index contributed by atoms with van der Waals surface area (Å²) in [5.74, 6) is 0. The summed E-state index contributed by atoms with van der Waals surface area (Å²) in [7, 11) is 0. The van der Waals surface area contributed by atoms with Crippen LogP contribution in [0.2, 0.25) is 0 Å². The van der Waals surface area contributed by atoms with Crippen molar-refractivity contribution >= 4 is 12.0 Å². The molecule has 0 amide bonds. The van der Waals surface area contributed by atoms with Gasteiger partial charge in [-0.2, -0.15) is 0 Å². The Morgan fingerprint density at radius 2 is 2.13 bits per heavy atom. The average molecular weight is 205 g/mol.